The van der Waals surface area contributed by atoms with Crippen LogP contribution in [0.25, 0.3) is 0 Å². The molecular weight excluding hydrogens is 286 g/mol. The molecule has 1 heterocycles. The first-order valence-electron chi connectivity index (χ1n) is 7.13. The number of benzene rings is 2. The molecule has 0 bridgehead atoms. The van der Waals surface area contributed by atoms with Crippen molar-refractivity contribution in [3.8, 4) is 0 Å². The van der Waals surface area contributed by atoms with Crippen LogP contribution in [0.4, 0.5) is 19.3 Å². The van der Waals surface area contributed by atoms with E-state index in [1.807, 2.05) is 6.92 Å². The Morgan fingerprint density at radius 3 is 2.68 bits per heavy atom. The lowest BCUT2D eigenvalue weighted by Crippen LogP contribution is -2.44. The lowest BCUT2D eigenvalue weighted by molar-refractivity contribution is 0.182. The second-order valence-corrected chi connectivity index (χ2v) is 5.53. The molecular formula is C17H16F2N2O. The van der Waals surface area contributed by atoms with E-state index in [0.717, 1.165) is 11.1 Å². The molecule has 1 atom stereocenters. The van der Waals surface area contributed by atoms with Crippen molar-refractivity contribution in [1.29, 1.82) is 0 Å². The Balaban J connectivity index is 1.78. The van der Waals surface area contributed by atoms with Crippen LogP contribution in [0.1, 0.15) is 18.1 Å². The number of carbonyl (C=O) groups excluding carboxylic acids is 1. The van der Waals surface area contributed by atoms with Gasteiger partial charge in [-0.25, -0.2) is 13.6 Å². The van der Waals surface area contributed by atoms with E-state index < -0.39 is 5.82 Å². The van der Waals surface area contributed by atoms with E-state index in [9.17, 15) is 13.6 Å². The van der Waals surface area contributed by atoms with Crippen molar-refractivity contribution in [1.82, 2.24) is 4.90 Å². The Morgan fingerprint density at radius 2 is 1.91 bits per heavy atom. The fourth-order valence-corrected chi connectivity index (χ4v) is 2.74. The van der Waals surface area contributed by atoms with Gasteiger partial charge >= 0.3 is 6.03 Å². The summed E-state index contributed by atoms with van der Waals surface area (Å²) in [5, 5.41) is 2.68. The molecule has 5 heteroatoms. The van der Waals surface area contributed by atoms with Gasteiger partial charge in [0, 0.05) is 18.3 Å². The summed E-state index contributed by atoms with van der Waals surface area (Å²) in [5.41, 5.74) is 2.28. The van der Waals surface area contributed by atoms with E-state index in [1.165, 1.54) is 30.3 Å². The summed E-state index contributed by atoms with van der Waals surface area (Å²) >= 11 is 0. The molecule has 0 saturated heterocycles. The van der Waals surface area contributed by atoms with Crippen molar-refractivity contribution in [3.63, 3.8) is 0 Å². The highest BCUT2D eigenvalue weighted by Gasteiger charge is 2.27. The minimum absolute atomic E-state index is 0.00785. The predicted octanol–water partition coefficient (Wildman–Crippen LogP) is 3.94. The topological polar surface area (TPSA) is 32.3 Å². The molecule has 114 valence electrons. The Morgan fingerprint density at radius 1 is 1.14 bits per heavy atom. The molecule has 2 aromatic rings. The highest BCUT2D eigenvalue weighted by atomic mass is 19.1. The standard InChI is InChI=1S/C17H16F2N2O/c1-11-7-12-5-6-15(19)8-13(12)10-21(11)17(22)20-16-4-2-3-14(18)9-16/h2-6,8-9,11H,7,10H2,1H3,(H,20,22)/t11-/m1/s1. The normalized spacial score (nSPS) is 17.0. The monoisotopic (exact) mass is 302 g/mol. The van der Waals surface area contributed by atoms with Crippen molar-refractivity contribution in [2.75, 3.05) is 5.32 Å². The second-order valence-electron chi connectivity index (χ2n) is 5.53. The van der Waals surface area contributed by atoms with Crippen LogP contribution in [-0.4, -0.2) is 17.0 Å². The highest BCUT2D eigenvalue weighted by Crippen LogP contribution is 2.25. The van der Waals surface area contributed by atoms with Gasteiger partial charge in [-0.1, -0.05) is 12.1 Å². The fraction of sp³-hybridized carbons (Fsp3) is 0.235. The molecule has 3 rings (SSSR count). The van der Waals surface area contributed by atoms with Crippen LogP contribution in [0, 0.1) is 11.6 Å². The number of rotatable bonds is 1. The van der Waals surface area contributed by atoms with Gasteiger partial charge in [0.25, 0.3) is 0 Å². The van der Waals surface area contributed by atoms with Crippen LogP contribution in [0.2, 0.25) is 0 Å². The van der Waals surface area contributed by atoms with Gasteiger partial charge in [-0.15, -0.1) is 0 Å². The molecule has 2 aromatic carbocycles. The number of hydrogen-bond donors (Lipinski definition) is 1. The van der Waals surface area contributed by atoms with Gasteiger partial charge in [0.1, 0.15) is 11.6 Å². The lowest BCUT2D eigenvalue weighted by atomic mass is 9.95. The summed E-state index contributed by atoms with van der Waals surface area (Å²) in [6.07, 6.45) is 0.673. The number of hydrogen-bond acceptors (Lipinski definition) is 1. The fourth-order valence-electron chi connectivity index (χ4n) is 2.74. The predicted molar refractivity (Wildman–Crippen MR) is 80.5 cm³/mol. The molecule has 3 nitrogen and oxygen atoms in total. The minimum Gasteiger partial charge on any atom is -0.317 e. The van der Waals surface area contributed by atoms with E-state index >= 15 is 0 Å². The van der Waals surface area contributed by atoms with E-state index in [4.69, 9.17) is 0 Å². The third kappa shape index (κ3) is 2.93. The van der Waals surface area contributed by atoms with Crippen molar-refractivity contribution in [3.05, 3.63) is 65.2 Å². The zero-order valence-electron chi connectivity index (χ0n) is 12.1. The van der Waals surface area contributed by atoms with E-state index in [-0.39, 0.29) is 17.9 Å². The van der Waals surface area contributed by atoms with Gasteiger partial charge in [-0.05, 0) is 54.8 Å². The summed E-state index contributed by atoms with van der Waals surface area (Å²) in [5.74, 6) is -0.712. The van der Waals surface area contributed by atoms with Crippen molar-refractivity contribution in [2.24, 2.45) is 0 Å². The maximum absolute atomic E-state index is 13.4. The average molecular weight is 302 g/mol. The van der Waals surface area contributed by atoms with E-state index in [0.29, 0.717) is 18.7 Å². The molecule has 0 radical (unpaired) electrons. The van der Waals surface area contributed by atoms with Gasteiger partial charge in [0.15, 0.2) is 0 Å². The van der Waals surface area contributed by atoms with E-state index in [1.54, 1.807) is 17.0 Å². The molecule has 0 spiro atoms. The molecule has 0 aromatic heterocycles. The zero-order chi connectivity index (χ0) is 15.7. The first kappa shape index (κ1) is 14.5. The van der Waals surface area contributed by atoms with E-state index in [2.05, 4.69) is 5.32 Å². The molecule has 2 amide bonds. The second kappa shape index (κ2) is 5.75. The third-order valence-corrected chi connectivity index (χ3v) is 3.89. The quantitative estimate of drug-likeness (QED) is 0.850. The van der Waals surface area contributed by atoms with Crippen LogP contribution in [0.15, 0.2) is 42.5 Å². The number of urea groups is 1. The molecule has 1 aliphatic rings. The summed E-state index contributed by atoms with van der Waals surface area (Å²) in [4.78, 5) is 14.0. The third-order valence-electron chi connectivity index (χ3n) is 3.89. The summed E-state index contributed by atoms with van der Waals surface area (Å²) < 4.78 is 26.5. The number of fused-ring (bicyclic) bond motifs is 1. The summed E-state index contributed by atoms with van der Waals surface area (Å²) in [7, 11) is 0. The van der Waals surface area contributed by atoms with Gasteiger partial charge < -0.3 is 10.2 Å². The Kier molecular flexibility index (Phi) is 3.79. The van der Waals surface area contributed by atoms with Crippen LogP contribution in [0.5, 0.6) is 0 Å². The Labute approximate surface area is 127 Å². The summed E-state index contributed by atoms with van der Waals surface area (Å²) in [6, 6.07) is 10.1. The van der Waals surface area contributed by atoms with Crippen molar-refractivity contribution < 1.29 is 13.6 Å². The Bertz CT molecular complexity index is 718. The summed E-state index contributed by atoms with van der Waals surface area (Å²) in [6.45, 7) is 2.28. The number of nitrogens with zero attached hydrogens (tertiary/aromatic N) is 1. The minimum atomic E-state index is -0.406. The highest BCUT2D eigenvalue weighted by molar-refractivity contribution is 5.89. The van der Waals surface area contributed by atoms with Crippen molar-refractivity contribution >= 4 is 11.7 Å². The zero-order valence-corrected chi connectivity index (χ0v) is 12.1. The van der Waals surface area contributed by atoms with Crippen LogP contribution >= 0.6 is 0 Å². The Hall–Kier alpha value is -2.43. The van der Waals surface area contributed by atoms with Crippen LogP contribution < -0.4 is 5.32 Å². The first-order chi connectivity index (χ1) is 10.5. The van der Waals surface area contributed by atoms with Gasteiger partial charge in [0.2, 0.25) is 0 Å². The number of halogens is 2. The number of nitrogens with one attached hydrogen (secondary N) is 1. The van der Waals surface area contributed by atoms with Gasteiger partial charge in [0.05, 0.1) is 0 Å². The average Bonchev–Trinajstić information content (AvgIpc) is 2.47. The van der Waals surface area contributed by atoms with Crippen molar-refractivity contribution in [2.45, 2.75) is 25.9 Å². The number of carbonyl (C=O) groups is 1. The largest absolute Gasteiger partial charge is 0.322 e. The molecule has 0 aliphatic carbocycles. The molecule has 0 fully saturated rings. The molecule has 1 aliphatic heterocycles. The molecule has 1 N–H and O–H groups in total. The van der Waals surface area contributed by atoms with Gasteiger partial charge in [-0.3, -0.25) is 0 Å². The maximum Gasteiger partial charge on any atom is 0.322 e. The molecule has 0 saturated carbocycles. The smallest absolute Gasteiger partial charge is 0.317 e. The molecule has 0 unspecified atom stereocenters. The number of anilines is 1. The van der Waals surface area contributed by atoms with Crippen LogP contribution in [0.3, 0.4) is 0 Å². The lowest BCUT2D eigenvalue weighted by Gasteiger charge is -2.34. The van der Waals surface area contributed by atoms with Gasteiger partial charge in [-0.2, -0.15) is 0 Å². The number of amides is 2. The first-order valence-corrected chi connectivity index (χ1v) is 7.13. The SMILES string of the molecule is C[C@@H]1Cc2ccc(F)cc2CN1C(=O)Nc1cccc(F)c1. The molecule has 22 heavy (non-hydrogen) atoms. The van der Waals surface area contributed by atoms with Crippen LogP contribution in [-0.2, 0) is 13.0 Å². The maximum atomic E-state index is 13.4.